The van der Waals surface area contributed by atoms with Crippen LogP contribution >= 0.6 is 0 Å². The average molecular weight is 526 g/mol. The van der Waals surface area contributed by atoms with E-state index in [4.69, 9.17) is 5.41 Å². The molecule has 2 aromatic carbocycles. The van der Waals surface area contributed by atoms with E-state index < -0.39 is 0 Å². The standard InChI is InChI=1S/C30H35N7O2/c31-28(29(38)37-18-13-25(14-19-37)36-16-3-4-17-36)26-7-1-2-8-27(26)34-23-9-11-24(12-10-23)35-30(39)33-21-22-6-5-15-32-20-22/h1-2,5-12,15,20,25,31,34H,3-4,13-14,16-19,21H2,(H2,33,35,39). The highest BCUT2D eigenvalue weighted by Gasteiger charge is 2.30. The van der Waals surface area contributed by atoms with Crippen molar-refractivity contribution in [3.8, 4) is 0 Å². The summed E-state index contributed by atoms with van der Waals surface area (Å²) < 4.78 is 0. The molecule has 9 heteroatoms. The zero-order valence-corrected chi connectivity index (χ0v) is 22.0. The van der Waals surface area contributed by atoms with Crippen LogP contribution in [0, 0.1) is 5.41 Å². The number of urea groups is 1. The quantitative estimate of drug-likeness (QED) is 0.321. The molecular formula is C30H35N7O2. The number of nitrogens with zero attached hydrogens (tertiary/aromatic N) is 3. The van der Waals surface area contributed by atoms with Crippen molar-refractivity contribution < 1.29 is 9.59 Å². The molecule has 3 heterocycles. The number of para-hydroxylation sites is 1. The first-order valence-corrected chi connectivity index (χ1v) is 13.6. The van der Waals surface area contributed by atoms with Gasteiger partial charge >= 0.3 is 6.03 Å². The van der Waals surface area contributed by atoms with Crippen LogP contribution in [0.2, 0.25) is 0 Å². The van der Waals surface area contributed by atoms with Gasteiger partial charge in [0, 0.05) is 60.7 Å². The Kier molecular flexibility index (Phi) is 8.48. The third-order valence-corrected chi connectivity index (χ3v) is 7.42. The molecule has 2 fully saturated rings. The van der Waals surface area contributed by atoms with E-state index in [1.54, 1.807) is 24.5 Å². The zero-order valence-electron chi connectivity index (χ0n) is 22.0. The van der Waals surface area contributed by atoms with E-state index in [9.17, 15) is 9.59 Å². The topological polar surface area (TPSA) is 113 Å². The van der Waals surface area contributed by atoms with Gasteiger partial charge in [0.15, 0.2) is 0 Å². The van der Waals surface area contributed by atoms with Crippen LogP contribution in [0.15, 0.2) is 73.1 Å². The molecule has 0 radical (unpaired) electrons. The second-order valence-electron chi connectivity index (χ2n) is 10.1. The van der Waals surface area contributed by atoms with E-state index in [0.29, 0.717) is 42.6 Å². The lowest BCUT2D eigenvalue weighted by atomic mass is 10.0. The number of benzene rings is 2. The number of pyridine rings is 1. The van der Waals surface area contributed by atoms with Gasteiger partial charge in [-0.05, 0) is 80.7 Å². The van der Waals surface area contributed by atoms with Crippen LogP contribution < -0.4 is 16.0 Å². The van der Waals surface area contributed by atoms with Gasteiger partial charge in [-0.25, -0.2) is 4.79 Å². The van der Waals surface area contributed by atoms with Crippen molar-refractivity contribution in [3.05, 3.63) is 84.2 Å². The van der Waals surface area contributed by atoms with E-state index in [-0.39, 0.29) is 17.6 Å². The van der Waals surface area contributed by atoms with Gasteiger partial charge in [0.05, 0.1) is 0 Å². The van der Waals surface area contributed by atoms with Gasteiger partial charge in [-0.2, -0.15) is 0 Å². The Bertz CT molecular complexity index is 1280. The highest BCUT2D eigenvalue weighted by molar-refractivity contribution is 6.45. The summed E-state index contributed by atoms with van der Waals surface area (Å²) in [4.78, 5) is 33.9. The van der Waals surface area contributed by atoms with Crippen LogP contribution in [-0.2, 0) is 11.3 Å². The number of amides is 3. The minimum Gasteiger partial charge on any atom is -0.355 e. The molecule has 1 aromatic heterocycles. The summed E-state index contributed by atoms with van der Waals surface area (Å²) in [5.41, 5.74) is 3.62. The highest BCUT2D eigenvalue weighted by Crippen LogP contribution is 2.25. The second kappa shape index (κ2) is 12.5. The molecule has 2 saturated heterocycles. The molecule has 5 rings (SSSR count). The Morgan fingerprint density at radius 3 is 2.33 bits per heavy atom. The number of aromatic nitrogens is 1. The number of carbonyl (C=O) groups excluding carboxylic acids is 2. The number of rotatable bonds is 8. The minimum absolute atomic E-state index is 0.00120. The molecule has 0 spiro atoms. The third kappa shape index (κ3) is 6.80. The van der Waals surface area contributed by atoms with Gasteiger partial charge in [-0.15, -0.1) is 0 Å². The molecule has 0 unspecified atom stereocenters. The summed E-state index contributed by atoms with van der Waals surface area (Å²) in [6, 6.07) is 18.7. The molecule has 0 aliphatic carbocycles. The van der Waals surface area contributed by atoms with Gasteiger partial charge < -0.3 is 25.8 Å². The molecule has 0 saturated carbocycles. The van der Waals surface area contributed by atoms with Crippen molar-refractivity contribution in [2.45, 2.75) is 38.3 Å². The Morgan fingerprint density at radius 1 is 0.897 bits per heavy atom. The summed E-state index contributed by atoms with van der Waals surface area (Å²) in [7, 11) is 0. The van der Waals surface area contributed by atoms with Crippen LogP contribution in [0.1, 0.15) is 36.8 Å². The molecule has 9 nitrogen and oxygen atoms in total. The van der Waals surface area contributed by atoms with Crippen molar-refractivity contribution in [2.75, 3.05) is 36.8 Å². The van der Waals surface area contributed by atoms with Gasteiger partial charge in [-0.3, -0.25) is 15.2 Å². The Balaban J connectivity index is 1.16. The number of anilines is 3. The number of hydrogen-bond acceptors (Lipinski definition) is 6. The fourth-order valence-electron chi connectivity index (χ4n) is 5.28. The number of likely N-dealkylation sites (tertiary alicyclic amines) is 2. The summed E-state index contributed by atoms with van der Waals surface area (Å²) in [5.74, 6) is -0.221. The van der Waals surface area contributed by atoms with Crippen LogP contribution in [0.25, 0.3) is 0 Å². The number of nitrogens with one attached hydrogen (secondary N) is 4. The molecule has 0 atom stereocenters. The Hall–Kier alpha value is -4.24. The third-order valence-electron chi connectivity index (χ3n) is 7.42. The molecule has 2 aliphatic heterocycles. The Labute approximate surface area is 229 Å². The van der Waals surface area contributed by atoms with Crippen molar-refractivity contribution in [1.29, 1.82) is 5.41 Å². The summed E-state index contributed by atoms with van der Waals surface area (Å²) in [5, 5.41) is 17.7. The van der Waals surface area contributed by atoms with Crippen LogP contribution in [0.4, 0.5) is 21.9 Å². The summed E-state index contributed by atoms with van der Waals surface area (Å²) in [6.45, 7) is 4.12. The maximum atomic E-state index is 13.2. The van der Waals surface area contributed by atoms with Crippen molar-refractivity contribution in [3.63, 3.8) is 0 Å². The lowest BCUT2D eigenvalue weighted by Gasteiger charge is -2.36. The predicted octanol–water partition coefficient (Wildman–Crippen LogP) is 4.60. The SMILES string of the molecule is N=C(C(=O)N1CCC(N2CCCC2)CC1)c1ccccc1Nc1ccc(NC(=O)NCc2cccnc2)cc1. The van der Waals surface area contributed by atoms with Crippen molar-refractivity contribution in [1.82, 2.24) is 20.1 Å². The molecule has 39 heavy (non-hydrogen) atoms. The van der Waals surface area contributed by atoms with Gasteiger partial charge in [0.2, 0.25) is 0 Å². The monoisotopic (exact) mass is 525 g/mol. The van der Waals surface area contributed by atoms with Crippen molar-refractivity contribution >= 4 is 34.7 Å². The molecule has 3 aromatic rings. The zero-order chi connectivity index (χ0) is 27.0. The van der Waals surface area contributed by atoms with Gasteiger partial charge in [0.25, 0.3) is 5.91 Å². The molecule has 3 amide bonds. The first-order chi connectivity index (χ1) is 19.1. The average Bonchev–Trinajstić information content (AvgIpc) is 3.53. The maximum absolute atomic E-state index is 13.2. The molecule has 4 N–H and O–H groups in total. The normalized spacial score (nSPS) is 16.1. The number of carbonyl (C=O) groups is 2. The van der Waals surface area contributed by atoms with Crippen LogP contribution in [0.3, 0.4) is 0 Å². The first-order valence-electron chi connectivity index (χ1n) is 13.6. The lowest BCUT2D eigenvalue weighted by molar-refractivity contribution is -0.125. The molecule has 202 valence electrons. The van der Waals surface area contributed by atoms with E-state index >= 15 is 0 Å². The Morgan fingerprint density at radius 2 is 1.62 bits per heavy atom. The lowest BCUT2D eigenvalue weighted by Crippen LogP contribution is -2.47. The van der Waals surface area contributed by atoms with E-state index in [0.717, 1.165) is 24.1 Å². The van der Waals surface area contributed by atoms with Crippen LogP contribution in [-0.4, -0.2) is 64.7 Å². The van der Waals surface area contributed by atoms with Gasteiger partial charge in [-0.1, -0.05) is 24.3 Å². The molecular weight excluding hydrogens is 490 g/mol. The fourth-order valence-corrected chi connectivity index (χ4v) is 5.28. The van der Waals surface area contributed by atoms with E-state index in [1.165, 1.54) is 25.9 Å². The predicted molar refractivity (Wildman–Crippen MR) is 153 cm³/mol. The van der Waals surface area contributed by atoms with E-state index in [2.05, 4.69) is 25.8 Å². The summed E-state index contributed by atoms with van der Waals surface area (Å²) >= 11 is 0. The smallest absolute Gasteiger partial charge is 0.319 e. The highest BCUT2D eigenvalue weighted by atomic mass is 16.2. The largest absolute Gasteiger partial charge is 0.355 e. The maximum Gasteiger partial charge on any atom is 0.319 e. The van der Waals surface area contributed by atoms with Gasteiger partial charge in [0.1, 0.15) is 5.71 Å². The van der Waals surface area contributed by atoms with Crippen LogP contribution in [0.5, 0.6) is 0 Å². The first kappa shape index (κ1) is 26.4. The molecule has 0 bridgehead atoms. The molecule has 2 aliphatic rings. The number of piperidine rings is 1. The second-order valence-corrected chi connectivity index (χ2v) is 10.1. The number of hydrogen-bond donors (Lipinski definition) is 4. The summed E-state index contributed by atoms with van der Waals surface area (Å²) in [6.07, 6.45) is 7.89. The van der Waals surface area contributed by atoms with E-state index in [1.807, 2.05) is 53.4 Å². The van der Waals surface area contributed by atoms with Crippen molar-refractivity contribution in [2.24, 2.45) is 0 Å². The fraction of sp³-hybridized carbons (Fsp3) is 0.333. The minimum atomic E-state index is -0.304.